The molecule has 1 aliphatic rings. The summed E-state index contributed by atoms with van der Waals surface area (Å²) in [7, 11) is 0. The molecule has 2 aromatic rings. The standard InChI is InChI=1S/C16H19N3/c1-13-6-2-4-8-18(13)11-14-12-19-9-5-3-7-16(19)15(14)10-17/h3,5,7,9,12-13H,2,4,6,8,11H2,1H3. The van der Waals surface area contributed by atoms with Crippen LogP contribution in [0.2, 0.25) is 0 Å². The van der Waals surface area contributed by atoms with Crippen molar-refractivity contribution in [3.8, 4) is 6.07 Å². The van der Waals surface area contributed by atoms with Crippen molar-refractivity contribution >= 4 is 5.52 Å². The van der Waals surface area contributed by atoms with Crippen molar-refractivity contribution in [1.29, 1.82) is 5.26 Å². The number of pyridine rings is 1. The van der Waals surface area contributed by atoms with E-state index in [0.717, 1.165) is 29.7 Å². The van der Waals surface area contributed by atoms with Gasteiger partial charge in [-0.05, 0) is 38.4 Å². The van der Waals surface area contributed by atoms with Gasteiger partial charge in [0.25, 0.3) is 0 Å². The minimum absolute atomic E-state index is 0.628. The summed E-state index contributed by atoms with van der Waals surface area (Å²) < 4.78 is 2.06. The van der Waals surface area contributed by atoms with Gasteiger partial charge in [0.1, 0.15) is 6.07 Å². The lowest BCUT2D eigenvalue weighted by atomic mass is 10.0. The largest absolute Gasteiger partial charge is 0.322 e. The van der Waals surface area contributed by atoms with Gasteiger partial charge in [-0.2, -0.15) is 5.26 Å². The van der Waals surface area contributed by atoms with Gasteiger partial charge in [0.2, 0.25) is 0 Å². The molecule has 3 heteroatoms. The number of rotatable bonds is 2. The van der Waals surface area contributed by atoms with Gasteiger partial charge in [0, 0.05) is 30.5 Å². The van der Waals surface area contributed by atoms with Gasteiger partial charge >= 0.3 is 0 Å². The van der Waals surface area contributed by atoms with E-state index in [-0.39, 0.29) is 0 Å². The van der Waals surface area contributed by atoms with Crippen molar-refractivity contribution in [1.82, 2.24) is 9.30 Å². The van der Waals surface area contributed by atoms with E-state index in [2.05, 4.69) is 28.5 Å². The highest BCUT2D eigenvalue weighted by Crippen LogP contribution is 2.23. The number of aromatic nitrogens is 1. The molecule has 1 saturated heterocycles. The van der Waals surface area contributed by atoms with Crippen molar-refractivity contribution in [3.63, 3.8) is 0 Å². The van der Waals surface area contributed by atoms with Crippen LogP contribution in [-0.2, 0) is 6.54 Å². The Kier molecular flexibility index (Phi) is 3.27. The first-order valence-electron chi connectivity index (χ1n) is 7.02. The molecule has 1 atom stereocenters. The Morgan fingerprint density at radius 3 is 3.05 bits per heavy atom. The van der Waals surface area contributed by atoms with Gasteiger partial charge < -0.3 is 4.40 Å². The molecule has 98 valence electrons. The van der Waals surface area contributed by atoms with Crippen LogP contribution in [0.4, 0.5) is 0 Å². The molecule has 0 saturated carbocycles. The highest BCUT2D eigenvalue weighted by Gasteiger charge is 2.20. The molecule has 0 bridgehead atoms. The fraction of sp³-hybridized carbons (Fsp3) is 0.438. The average molecular weight is 253 g/mol. The average Bonchev–Trinajstić information content (AvgIpc) is 2.78. The maximum atomic E-state index is 9.42. The summed E-state index contributed by atoms with van der Waals surface area (Å²) in [6, 6.07) is 9.01. The molecule has 0 aliphatic carbocycles. The predicted molar refractivity (Wildman–Crippen MR) is 75.8 cm³/mol. The summed E-state index contributed by atoms with van der Waals surface area (Å²) in [6.07, 6.45) is 8.00. The smallest absolute Gasteiger partial charge is 0.102 e. The lowest BCUT2D eigenvalue weighted by Crippen LogP contribution is -2.36. The number of hydrogen-bond acceptors (Lipinski definition) is 2. The third-order valence-electron chi connectivity index (χ3n) is 4.19. The topological polar surface area (TPSA) is 31.4 Å². The summed E-state index contributed by atoms with van der Waals surface area (Å²) in [5.74, 6) is 0. The third kappa shape index (κ3) is 2.24. The van der Waals surface area contributed by atoms with Crippen molar-refractivity contribution in [2.24, 2.45) is 0 Å². The first-order valence-corrected chi connectivity index (χ1v) is 7.02. The molecule has 0 N–H and O–H groups in total. The van der Waals surface area contributed by atoms with E-state index in [9.17, 15) is 5.26 Å². The number of piperidine rings is 1. The van der Waals surface area contributed by atoms with Gasteiger partial charge in [-0.3, -0.25) is 4.90 Å². The van der Waals surface area contributed by atoms with Crippen molar-refractivity contribution in [2.45, 2.75) is 38.8 Å². The summed E-state index contributed by atoms with van der Waals surface area (Å²) in [5.41, 5.74) is 3.01. The molecule has 2 aromatic heterocycles. The van der Waals surface area contributed by atoms with Crippen molar-refractivity contribution in [3.05, 3.63) is 41.7 Å². The number of likely N-dealkylation sites (tertiary alicyclic amines) is 1. The van der Waals surface area contributed by atoms with Crippen LogP contribution >= 0.6 is 0 Å². The molecule has 0 amide bonds. The Bertz CT molecular complexity index is 620. The monoisotopic (exact) mass is 253 g/mol. The highest BCUT2D eigenvalue weighted by atomic mass is 15.2. The second-order valence-corrected chi connectivity index (χ2v) is 5.45. The van der Waals surface area contributed by atoms with E-state index < -0.39 is 0 Å². The quantitative estimate of drug-likeness (QED) is 0.823. The molecular formula is C16H19N3. The summed E-state index contributed by atoms with van der Waals surface area (Å²) in [5, 5.41) is 9.42. The highest BCUT2D eigenvalue weighted by molar-refractivity contribution is 5.65. The molecule has 1 fully saturated rings. The van der Waals surface area contributed by atoms with Crippen LogP contribution in [0.15, 0.2) is 30.6 Å². The molecule has 3 heterocycles. The fourth-order valence-corrected chi connectivity index (χ4v) is 3.04. The maximum Gasteiger partial charge on any atom is 0.102 e. The van der Waals surface area contributed by atoms with Crippen LogP contribution < -0.4 is 0 Å². The van der Waals surface area contributed by atoms with Crippen LogP contribution in [-0.4, -0.2) is 21.9 Å². The first-order chi connectivity index (χ1) is 9.29. The zero-order chi connectivity index (χ0) is 13.2. The van der Waals surface area contributed by atoms with E-state index in [1.54, 1.807) is 0 Å². The van der Waals surface area contributed by atoms with E-state index in [4.69, 9.17) is 0 Å². The number of fused-ring (bicyclic) bond motifs is 1. The number of nitriles is 1. The Morgan fingerprint density at radius 1 is 1.37 bits per heavy atom. The van der Waals surface area contributed by atoms with Crippen LogP contribution in [0.5, 0.6) is 0 Å². The van der Waals surface area contributed by atoms with Gasteiger partial charge in [0.05, 0.1) is 11.1 Å². The lowest BCUT2D eigenvalue weighted by Gasteiger charge is -2.33. The van der Waals surface area contributed by atoms with E-state index in [1.165, 1.54) is 19.3 Å². The number of nitrogens with zero attached hydrogens (tertiary/aromatic N) is 3. The third-order valence-corrected chi connectivity index (χ3v) is 4.19. The Labute approximate surface area is 114 Å². The SMILES string of the molecule is CC1CCCCN1Cc1cn2ccccc2c1C#N. The molecule has 0 spiro atoms. The van der Waals surface area contributed by atoms with Gasteiger partial charge in [0.15, 0.2) is 0 Å². The van der Waals surface area contributed by atoms with Crippen LogP contribution in [0, 0.1) is 11.3 Å². The minimum atomic E-state index is 0.628. The molecule has 19 heavy (non-hydrogen) atoms. The first kappa shape index (κ1) is 12.3. The molecule has 1 unspecified atom stereocenters. The molecule has 1 aliphatic heterocycles. The van der Waals surface area contributed by atoms with E-state index in [0.29, 0.717) is 6.04 Å². The van der Waals surface area contributed by atoms with E-state index >= 15 is 0 Å². The zero-order valence-corrected chi connectivity index (χ0v) is 11.3. The maximum absolute atomic E-state index is 9.42. The van der Waals surface area contributed by atoms with Crippen LogP contribution in [0.3, 0.4) is 0 Å². The Balaban J connectivity index is 1.94. The fourth-order valence-electron chi connectivity index (χ4n) is 3.04. The van der Waals surface area contributed by atoms with Gasteiger partial charge in [-0.25, -0.2) is 0 Å². The Morgan fingerprint density at radius 2 is 2.26 bits per heavy atom. The second-order valence-electron chi connectivity index (χ2n) is 5.45. The second kappa shape index (κ2) is 5.07. The Hall–Kier alpha value is -1.79. The van der Waals surface area contributed by atoms with Crippen LogP contribution in [0.25, 0.3) is 5.52 Å². The summed E-state index contributed by atoms with van der Waals surface area (Å²) in [6.45, 7) is 4.34. The van der Waals surface area contributed by atoms with Gasteiger partial charge in [-0.15, -0.1) is 0 Å². The van der Waals surface area contributed by atoms with E-state index in [1.807, 2.05) is 24.4 Å². The zero-order valence-electron chi connectivity index (χ0n) is 11.3. The molecule has 3 rings (SSSR count). The summed E-state index contributed by atoms with van der Waals surface area (Å²) >= 11 is 0. The molecule has 0 aromatic carbocycles. The van der Waals surface area contributed by atoms with Gasteiger partial charge in [-0.1, -0.05) is 12.5 Å². The minimum Gasteiger partial charge on any atom is -0.322 e. The number of hydrogen-bond donors (Lipinski definition) is 0. The van der Waals surface area contributed by atoms with Crippen LogP contribution in [0.1, 0.15) is 37.3 Å². The van der Waals surface area contributed by atoms with Crippen molar-refractivity contribution < 1.29 is 0 Å². The molecule has 0 radical (unpaired) electrons. The summed E-state index contributed by atoms with van der Waals surface area (Å²) in [4.78, 5) is 2.50. The predicted octanol–water partition coefficient (Wildman–Crippen LogP) is 3.19. The normalized spacial score (nSPS) is 20.5. The van der Waals surface area contributed by atoms with Crippen molar-refractivity contribution in [2.75, 3.05) is 6.54 Å². The lowest BCUT2D eigenvalue weighted by molar-refractivity contribution is 0.152. The molecular weight excluding hydrogens is 234 g/mol. The molecule has 3 nitrogen and oxygen atoms in total.